The molecule has 4 nitrogen and oxygen atoms in total. The molecule has 0 bridgehead atoms. The molecule has 2 N–H and O–H groups in total. The van der Waals surface area contributed by atoms with Gasteiger partial charge in [0, 0.05) is 29.7 Å². The van der Waals surface area contributed by atoms with Crippen LogP contribution in [0.4, 0.5) is 18.9 Å². The molecule has 0 spiro atoms. The Bertz CT molecular complexity index is 1470. The van der Waals surface area contributed by atoms with E-state index in [0.717, 1.165) is 48.8 Å². The molecule has 202 valence electrons. The highest BCUT2D eigenvalue weighted by atomic mass is 35.5. The molecular weight excluding hydrogens is 548 g/mol. The van der Waals surface area contributed by atoms with Gasteiger partial charge in [-0.3, -0.25) is 4.90 Å². The lowest BCUT2D eigenvalue weighted by Crippen LogP contribution is -2.30. The SMILES string of the molecule is O=C(O)c1ccccc1-c1ccc(C(F)(F)F)cc1.[NH-]c1ccc2c(c1)CCN(Cc1ccc(Cl)cc1Cl)C2. The number of fused-ring (bicyclic) bond motifs is 1. The first-order valence-electron chi connectivity index (χ1n) is 12.0. The number of rotatable bonds is 4. The van der Waals surface area contributed by atoms with Crippen molar-refractivity contribution in [2.75, 3.05) is 6.54 Å². The summed E-state index contributed by atoms with van der Waals surface area (Å²) in [6, 6.07) is 22.2. The Kier molecular flexibility index (Phi) is 8.85. The first-order valence-corrected chi connectivity index (χ1v) is 12.8. The highest BCUT2D eigenvalue weighted by molar-refractivity contribution is 6.35. The Balaban J connectivity index is 0.000000181. The summed E-state index contributed by atoms with van der Waals surface area (Å²) >= 11 is 12.2. The zero-order chi connectivity index (χ0) is 28.2. The third kappa shape index (κ3) is 7.32. The van der Waals surface area contributed by atoms with E-state index in [9.17, 15) is 18.0 Å². The fraction of sp³-hybridized carbons (Fsp3) is 0.167. The van der Waals surface area contributed by atoms with Gasteiger partial charge in [0.25, 0.3) is 0 Å². The molecule has 0 amide bonds. The summed E-state index contributed by atoms with van der Waals surface area (Å²) in [5, 5.41) is 10.4. The van der Waals surface area contributed by atoms with Gasteiger partial charge >= 0.3 is 12.1 Å². The van der Waals surface area contributed by atoms with Crippen molar-refractivity contribution in [1.82, 2.24) is 4.90 Å². The van der Waals surface area contributed by atoms with Gasteiger partial charge in [-0.15, -0.1) is 5.69 Å². The zero-order valence-corrected chi connectivity index (χ0v) is 22.1. The Morgan fingerprint density at radius 1 is 0.923 bits per heavy atom. The molecule has 0 aromatic heterocycles. The van der Waals surface area contributed by atoms with Gasteiger partial charge in [0.05, 0.1) is 11.1 Å². The number of alkyl halides is 3. The molecule has 0 saturated heterocycles. The van der Waals surface area contributed by atoms with Crippen LogP contribution in [0.2, 0.25) is 10.0 Å². The normalized spacial score (nSPS) is 13.3. The monoisotopic (exact) mass is 571 g/mol. The van der Waals surface area contributed by atoms with Gasteiger partial charge in [-0.1, -0.05) is 77.8 Å². The van der Waals surface area contributed by atoms with E-state index in [1.54, 1.807) is 24.3 Å². The first kappa shape index (κ1) is 28.5. The maximum absolute atomic E-state index is 12.4. The van der Waals surface area contributed by atoms with Crippen LogP contribution in [-0.4, -0.2) is 22.5 Å². The van der Waals surface area contributed by atoms with Crippen molar-refractivity contribution in [2.45, 2.75) is 25.7 Å². The van der Waals surface area contributed by atoms with E-state index < -0.39 is 17.7 Å². The van der Waals surface area contributed by atoms with Crippen molar-refractivity contribution in [3.63, 3.8) is 0 Å². The molecule has 4 aromatic rings. The van der Waals surface area contributed by atoms with E-state index in [4.69, 9.17) is 34.0 Å². The number of nitrogens with one attached hydrogen (secondary N) is 1. The number of nitrogens with zero attached hydrogens (tertiary/aromatic N) is 1. The molecule has 4 aromatic carbocycles. The summed E-state index contributed by atoms with van der Waals surface area (Å²) in [6.45, 7) is 2.74. The molecule has 1 heterocycles. The molecule has 0 radical (unpaired) electrons. The summed E-state index contributed by atoms with van der Waals surface area (Å²) in [7, 11) is 0. The van der Waals surface area contributed by atoms with Crippen LogP contribution in [0.1, 0.15) is 32.6 Å². The summed E-state index contributed by atoms with van der Waals surface area (Å²) in [4.78, 5) is 13.4. The van der Waals surface area contributed by atoms with Crippen molar-refractivity contribution in [3.8, 4) is 11.1 Å². The van der Waals surface area contributed by atoms with Crippen molar-refractivity contribution in [2.24, 2.45) is 0 Å². The van der Waals surface area contributed by atoms with Crippen molar-refractivity contribution >= 4 is 34.9 Å². The maximum Gasteiger partial charge on any atom is 0.416 e. The summed E-state index contributed by atoms with van der Waals surface area (Å²) in [6.07, 6.45) is -3.40. The van der Waals surface area contributed by atoms with Crippen LogP contribution in [0, 0.1) is 0 Å². The maximum atomic E-state index is 12.4. The molecule has 1 aliphatic heterocycles. The molecule has 9 heteroatoms. The van der Waals surface area contributed by atoms with Crippen LogP contribution in [0.3, 0.4) is 0 Å². The van der Waals surface area contributed by atoms with Crippen LogP contribution in [0.25, 0.3) is 16.9 Å². The second-order valence-corrected chi connectivity index (χ2v) is 9.95. The van der Waals surface area contributed by atoms with Gasteiger partial charge in [0.2, 0.25) is 0 Å². The summed E-state index contributed by atoms with van der Waals surface area (Å²) < 4.78 is 37.3. The number of hydrogen-bond acceptors (Lipinski definition) is 2. The predicted molar refractivity (Wildman–Crippen MR) is 149 cm³/mol. The molecule has 1 aliphatic rings. The number of aromatic carboxylic acids is 1. The van der Waals surface area contributed by atoms with E-state index >= 15 is 0 Å². The van der Waals surface area contributed by atoms with Gasteiger partial charge in [-0.25, -0.2) is 4.79 Å². The van der Waals surface area contributed by atoms with Gasteiger partial charge in [0.1, 0.15) is 0 Å². The largest absolute Gasteiger partial charge is 0.699 e. The Hall–Kier alpha value is -3.52. The highest BCUT2D eigenvalue weighted by Gasteiger charge is 2.30. The molecule has 5 rings (SSSR count). The molecule has 0 aliphatic carbocycles. The van der Waals surface area contributed by atoms with Crippen LogP contribution in [-0.2, 0) is 25.7 Å². The predicted octanol–water partition coefficient (Wildman–Crippen LogP) is 9.31. The van der Waals surface area contributed by atoms with Crippen molar-refractivity contribution in [1.29, 1.82) is 0 Å². The molecule has 0 fully saturated rings. The van der Waals surface area contributed by atoms with Crippen LogP contribution in [0.5, 0.6) is 0 Å². The van der Waals surface area contributed by atoms with Gasteiger partial charge < -0.3 is 10.8 Å². The fourth-order valence-corrected chi connectivity index (χ4v) is 4.87. The second kappa shape index (κ2) is 12.1. The van der Waals surface area contributed by atoms with E-state index in [0.29, 0.717) is 21.8 Å². The lowest BCUT2D eigenvalue weighted by Gasteiger charge is -2.29. The highest BCUT2D eigenvalue weighted by Crippen LogP contribution is 2.32. The second-order valence-electron chi connectivity index (χ2n) is 9.11. The summed E-state index contributed by atoms with van der Waals surface area (Å²) in [5.41, 5.74) is 12.1. The summed E-state index contributed by atoms with van der Waals surface area (Å²) in [5.74, 6) is -1.12. The topological polar surface area (TPSA) is 64.3 Å². The Morgan fingerprint density at radius 2 is 1.64 bits per heavy atom. The number of carboxylic acid groups (broad SMARTS) is 1. The molecule has 0 unspecified atom stereocenters. The third-order valence-corrected chi connectivity index (χ3v) is 6.97. The van der Waals surface area contributed by atoms with E-state index in [-0.39, 0.29) is 5.56 Å². The quantitative estimate of drug-likeness (QED) is 0.265. The van der Waals surface area contributed by atoms with E-state index in [2.05, 4.69) is 11.0 Å². The lowest BCUT2D eigenvalue weighted by atomic mass is 9.98. The van der Waals surface area contributed by atoms with E-state index in [1.165, 1.54) is 29.3 Å². The average Bonchev–Trinajstić information content (AvgIpc) is 2.90. The number of benzene rings is 4. The van der Waals surface area contributed by atoms with Crippen LogP contribution < -0.4 is 0 Å². The fourth-order valence-electron chi connectivity index (χ4n) is 4.40. The first-order chi connectivity index (χ1) is 18.5. The number of halogens is 5. The number of hydrogen-bond donors (Lipinski definition) is 1. The van der Waals surface area contributed by atoms with E-state index in [1.807, 2.05) is 24.3 Å². The van der Waals surface area contributed by atoms with Gasteiger partial charge in [-0.2, -0.15) is 13.2 Å². The Morgan fingerprint density at radius 3 is 2.31 bits per heavy atom. The average molecular weight is 572 g/mol. The minimum atomic E-state index is -4.40. The standard InChI is InChI=1S/C16H15Cl2N2.C14H9F3O2/c17-14-3-1-13(16(18)8-14)10-20-6-5-11-7-15(19)4-2-12(11)9-20;15-14(16,17)10-7-5-9(6-8-10)11-3-1-2-4-12(11)13(18)19/h1-4,7-8,19H,5-6,9-10H2;1-8H,(H,18,19)/q-1;. The van der Waals surface area contributed by atoms with Crippen LogP contribution >= 0.6 is 23.2 Å². The van der Waals surface area contributed by atoms with Crippen molar-refractivity contribution in [3.05, 3.63) is 129 Å². The smallest absolute Gasteiger partial charge is 0.416 e. The van der Waals surface area contributed by atoms with Crippen LogP contribution in [0.15, 0.2) is 84.9 Å². The van der Waals surface area contributed by atoms with Crippen molar-refractivity contribution < 1.29 is 23.1 Å². The number of carboxylic acids is 1. The van der Waals surface area contributed by atoms with Gasteiger partial charge in [-0.05, 0) is 64.6 Å². The molecular formula is C30H24Cl2F3N2O2-. The third-order valence-electron chi connectivity index (χ3n) is 6.39. The molecule has 0 atom stereocenters. The van der Waals surface area contributed by atoms with Gasteiger partial charge in [0.15, 0.2) is 0 Å². The minimum Gasteiger partial charge on any atom is -0.699 e. The molecule has 39 heavy (non-hydrogen) atoms. The zero-order valence-electron chi connectivity index (χ0n) is 20.6. The lowest BCUT2D eigenvalue weighted by molar-refractivity contribution is -0.137. The minimum absolute atomic E-state index is 0.0576. The Labute approximate surface area is 234 Å². The number of carbonyl (C=O) groups is 1. The molecule has 0 saturated carbocycles.